The number of alkyl halides is 3. The van der Waals surface area contributed by atoms with Crippen molar-refractivity contribution < 1.29 is 22.7 Å². The summed E-state index contributed by atoms with van der Waals surface area (Å²) in [5.74, 6) is -0.0376. The molecular formula is C21H25F3N2O2. The highest BCUT2D eigenvalue weighted by atomic mass is 19.4. The first-order valence-electron chi connectivity index (χ1n) is 9.15. The smallest absolute Gasteiger partial charge is 0.409 e. The van der Waals surface area contributed by atoms with Crippen molar-refractivity contribution in [1.82, 2.24) is 10.4 Å². The van der Waals surface area contributed by atoms with E-state index < -0.39 is 29.3 Å². The molecule has 3 rings (SSSR count). The van der Waals surface area contributed by atoms with Crippen molar-refractivity contribution in [3.63, 3.8) is 0 Å². The Morgan fingerprint density at radius 3 is 2.32 bits per heavy atom. The van der Waals surface area contributed by atoms with Gasteiger partial charge in [0.15, 0.2) is 6.04 Å². The molecule has 0 aliphatic carbocycles. The van der Waals surface area contributed by atoms with E-state index in [-0.39, 0.29) is 12.0 Å². The molecule has 1 aliphatic heterocycles. The number of fused-ring (bicyclic) bond motifs is 1. The zero-order valence-electron chi connectivity index (χ0n) is 16.6. The first-order chi connectivity index (χ1) is 12.8. The van der Waals surface area contributed by atoms with Gasteiger partial charge in [0.25, 0.3) is 0 Å². The number of carbonyl (C=O) groups is 1. The number of hydrogen-bond donors (Lipinski definition) is 1. The number of hydrazine groups is 1. The Morgan fingerprint density at radius 1 is 1.14 bits per heavy atom. The lowest BCUT2D eigenvalue weighted by atomic mass is 9.95. The van der Waals surface area contributed by atoms with E-state index in [1.165, 1.54) is 12.1 Å². The van der Waals surface area contributed by atoms with Crippen LogP contribution in [0.3, 0.4) is 0 Å². The minimum atomic E-state index is -4.59. The molecule has 1 saturated heterocycles. The summed E-state index contributed by atoms with van der Waals surface area (Å²) in [6, 6.07) is 8.15. The van der Waals surface area contributed by atoms with E-state index in [9.17, 15) is 18.0 Å². The monoisotopic (exact) mass is 394 g/mol. The Bertz CT molecular complexity index is 901. The molecular weight excluding hydrogens is 369 g/mol. The molecule has 1 heterocycles. The second-order valence-corrected chi connectivity index (χ2v) is 8.79. The van der Waals surface area contributed by atoms with Crippen molar-refractivity contribution >= 4 is 16.7 Å². The van der Waals surface area contributed by atoms with E-state index in [0.717, 1.165) is 10.4 Å². The third-order valence-electron chi connectivity index (χ3n) is 4.64. The lowest BCUT2D eigenvalue weighted by Crippen LogP contribution is -2.51. The Balaban J connectivity index is 2.19. The maximum atomic E-state index is 14.2. The molecule has 0 saturated carbocycles. The molecule has 7 heteroatoms. The van der Waals surface area contributed by atoms with Crippen LogP contribution in [0.2, 0.25) is 0 Å². The Labute approximate surface area is 162 Å². The predicted octanol–water partition coefficient (Wildman–Crippen LogP) is 5.14. The van der Waals surface area contributed by atoms with Gasteiger partial charge in [0, 0.05) is 17.3 Å². The number of rotatable bonds is 3. The summed E-state index contributed by atoms with van der Waals surface area (Å²) in [6.07, 6.45) is -4.59. The first kappa shape index (κ1) is 20.5. The quantitative estimate of drug-likeness (QED) is 0.784. The summed E-state index contributed by atoms with van der Waals surface area (Å²) in [7, 11) is 0. The molecule has 1 fully saturated rings. The summed E-state index contributed by atoms with van der Waals surface area (Å²) in [4.78, 5) is 11.9. The van der Waals surface area contributed by atoms with Gasteiger partial charge in [-0.2, -0.15) is 18.2 Å². The van der Waals surface area contributed by atoms with Crippen molar-refractivity contribution in [2.75, 3.05) is 0 Å². The van der Waals surface area contributed by atoms with Crippen LogP contribution in [0.15, 0.2) is 36.4 Å². The van der Waals surface area contributed by atoms with Gasteiger partial charge in [-0.25, -0.2) is 0 Å². The number of hydrogen-bond acceptors (Lipinski definition) is 3. The number of benzene rings is 2. The van der Waals surface area contributed by atoms with Crippen molar-refractivity contribution in [3.05, 3.63) is 42.0 Å². The van der Waals surface area contributed by atoms with E-state index in [4.69, 9.17) is 4.74 Å². The molecule has 2 aromatic rings. The van der Waals surface area contributed by atoms with E-state index >= 15 is 0 Å². The molecule has 1 unspecified atom stereocenters. The minimum absolute atomic E-state index is 0.00148. The van der Waals surface area contributed by atoms with Gasteiger partial charge in [-0.05, 0) is 57.7 Å². The number of amides is 1. The molecule has 0 radical (unpaired) electrons. The molecule has 4 nitrogen and oxygen atoms in total. The van der Waals surface area contributed by atoms with Crippen LogP contribution in [0.1, 0.15) is 52.6 Å². The Morgan fingerprint density at radius 2 is 1.79 bits per heavy atom. The van der Waals surface area contributed by atoms with Gasteiger partial charge in [-0.1, -0.05) is 24.3 Å². The SMILES string of the molecule is CC(C)(C)Oc1cc(C(N2NC(=O)CC2(C)C)C(F)(F)F)cc2ccccc12. The zero-order valence-corrected chi connectivity index (χ0v) is 16.6. The highest BCUT2D eigenvalue weighted by molar-refractivity contribution is 5.89. The molecule has 0 spiro atoms. The fraction of sp³-hybridized carbons (Fsp3) is 0.476. The van der Waals surface area contributed by atoms with Gasteiger partial charge in [-0.15, -0.1) is 0 Å². The van der Waals surface area contributed by atoms with E-state index in [0.29, 0.717) is 11.1 Å². The highest BCUT2D eigenvalue weighted by Gasteiger charge is 2.53. The van der Waals surface area contributed by atoms with Crippen LogP contribution in [0.5, 0.6) is 5.75 Å². The lowest BCUT2D eigenvalue weighted by Gasteiger charge is -2.38. The molecule has 152 valence electrons. The summed E-state index contributed by atoms with van der Waals surface area (Å²) in [5.41, 5.74) is 0.876. The summed E-state index contributed by atoms with van der Waals surface area (Å²) < 4.78 is 48.5. The third-order valence-corrected chi connectivity index (χ3v) is 4.64. The average Bonchev–Trinajstić information content (AvgIpc) is 2.77. The maximum Gasteiger partial charge on any atom is 0.409 e. The molecule has 2 aromatic carbocycles. The van der Waals surface area contributed by atoms with Crippen LogP contribution in [-0.4, -0.2) is 28.2 Å². The van der Waals surface area contributed by atoms with Gasteiger partial charge >= 0.3 is 6.18 Å². The summed E-state index contributed by atoms with van der Waals surface area (Å²) in [5, 5.41) is 2.41. The van der Waals surface area contributed by atoms with Crippen molar-refractivity contribution in [2.24, 2.45) is 0 Å². The van der Waals surface area contributed by atoms with Gasteiger partial charge in [0.1, 0.15) is 11.4 Å². The van der Waals surface area contributed by atoms with Gasteiger partial charge in [-0.3, -0.25) is 10.2 Å². The average molecular weight is 394 g/mol. The van der Waals surface area contributed by atoms with Crippen LogP contribution in [0, 0.1) is 0 Å². The first-order valence-corrected chi connectivity index (χ1v) is 9.15. The van der Waals surface area contributed by atoms with E-state index in [1.807, 2.05) is 32.9 Å². The van der Waals surface area contributed by atoms with Crippen LogP contribution >= 0.6 is 0 Å². The number of halogens is 3. The lowest BCUT2D eigenvalue weighted by molar-refractivity contribution is -0.203. The molecule has 1 atom stereocenters. The number of nitrogens with one attached hydrogen (secondary N) is 1. The predicted molar refractivity (Wildman–Crippen MR) is 102 cm³/mol. The van der Waals surface area contributed by atoms with Gasteiger partial charge < -0.3 is 4.74 Å². The fourth-order valence-electron chi connectivity index (χ4n) is 3.57. The Kier molecular flexibility index (Phi) is 4.86. The molecule has 0 bridgehead atoms. The molecule has 1 aliphatic rings. The van der Waals surface area contributed by atoms with E-state index in [1.54, 1.807) is 26.0 Å². The number of ether oxygens (including phenoxy) is 1. The summed E-state index contributed by atoms with van der Waals surface area (Å²) >= 11 is 0. The molecule has 1 N–H and O–H groups in total. The normalized spacial score (nSPS) is 18.9. The van der Waals surface area contributed by atoms with Crippen LogP contribution in [-0.2, 0) is 4.79 Å². The number of carbonyl (C=O) groups excluding carboxylic acids is 1. The molecule has 28 heavy (non-hydrogen) atoms. The highest BCUT2D eigenvalue weighted by Crippen LogP contribution is 2.45. The van der Waals surface area contributed by atoms with Gasteiger partial charge in [0.2, 0.25) is 5.91 Å². The third kappa shape index (κ3) is 4.09. The largest absolute Gasteiger partial charge is 0.487 e. The van der Waals surface area contributed by atoms with Crippen molar-refractivity contribution in [2.45, 2.75) is 64.4 Å². The molecule has 0 aromatic heterocycles. The fourth-order valence-corrected chi connectivity index (χ4v) is 3.57. The molecule has 1 amide bonds. The van der Waals surface area contributed by atoms with Crippen LogP contribution < -0.4 is 10.2 Å². The summed E-state index contributed by atoms with van der Waals surface area (Å²) in [6.45, 7) is 8.78. The van der Waals surface area contributed by atoms with Crippen molar-refractivity contribution in [1.29, 1.82) is 0 Å². The second-order valence-electron chi connectivity index (χ2n) is 8.79. The second kappa shape index (κ2) is 6.65. The maximum absolute atomic E-state index is 14.2. The van der Waals surface area contributed by atoms with Crippen LogP contribution in [0.4, 0.5) is 13.2 Å². The standard InChI is InChI=1S/C21H25F3N2O2/c1-19(2,3)28-16-11-14(10-13-8-6-7-9-15(13)16)18(21(22,23)24)26-20(4,5)12-17(27)25-26/h6-11,18H,12H2,1-5H3,(H,25,27). The van der Waals surface area contributed by atoms with Crippen molar-refractivity contribution in [3.8, 4) is 5.75 Å². The topological polar surface area (TPSA) is 41.6 Å². The Hall–Kier alpha value is -2.28. The zero-order chi connectivity index (χ0) is 20.9. The minimum Gasteiger partial charge on any atom is -0.487 e. The van der Waals surface area contributed by atoms with E-state index in [2.05, 4.69) is 5.43 Å². The van der Waals surface area contributed by atoms with Crippen LogP contribution in [0.25, 0.3) is 10.8 Å². The number of nitrogens with zero attached hydrogens (tertiary/aromatic N) is 1. The van der Waals surface area contributed by atoms with Gasteiger partial charge in [0.05, 0.1) is 0 Å².